The highest BCUT2D eigenvalue weighted by molar-refractivity contribution is 6.03. The summed E-state index contributed by atoms with van der Waals surface area (Å²) in [4.78, 5) is 12.7. The molecular weight excluding hydrogens is 234 g/mol. The summed E-state index contributed by atoms with van der Waals surface area (Å²) in [5.41, 5.74) is 8.65. The first kappa shape index (κ1) is 13.3. The van der Waals surface area contributed by atoms with Crippen LogP contribution in [0.2, 0.25) is 0 Å². The molecule has 0 saturated heterocycles. The van der Waals surface area contributed by atoms with E-state index in [1.807, 2.05) is 57.2 Å². The number of aryl methyl sites for hydroxylation is 1. The fourth-order valence-corrected chi connectivity index (χ4v) is 2.16. The number of Topliss-reactive ketones (excluding diaryl/α,β-unsaturated/α-hetero) is 1. The largest absolute Gasteiger partial charge is 0.399 e. The van der Waals surface area contributed by atoms with Crippen LogP contribution in [0.1, 0.15) is 35.3 Å². The van der Waals surface area contributed by atoms with E-state index in [-0.39, 0.29) is 5.78 Å². The molecule has 0 unspecified atom stereocenters. The minimum absolute atomic E-state index is 0.113. The van der Waals surface area contributed by atoms with Crippen LogP contribution in [0.25, 0.3) is 0 Å². The Morgan fingerprint density at radius 2 is 1.68 bits per heavy atom. The van der Waals surface area contributed by atoms with E-state index in [0.717, 1.165) is 11.1 Å². The van der Waals surface area contributed by atoms with Crippen LogP contribution in [0.5, 0.6) is 0 Å². The highest BCUT2D eigenvalue weighted by atomic mass is 16.1. The van der Waals surface area contributed by atoms with Gasteiger partial charge in [0.05, 0.1) is 5.41 Å². The van der Waals surface area contributed by atoms with Gasteiger partial charge in [-0.25, -0.2) is 0 Å². The first-order valence-corrected chi connectivity index (χ1v) is 6.39. The standard InChI is InChI=1S/C17H19NO/c1-12-11-13(9-10-15(12)18)16(19)17(2,3)14-7-5-4-6-8-14/h4-11H,18H2,1-3H3. The van der Waals surface area contributed by atoms with Crippen molar-refractivity contribution in [2.24, 2.45) is 0 Å². The fraction of sp³-hybridized carbons (Fsp3) is 0.235. The second-order valence-electron chi connectivity index (χ2n) is 5.39. The lowest BCUT2D eigenvalue weighted by atomic mass is 9.78. The van der Waals surface area contributed by atoms with Gasteiger partial charge in [0.25, 0.3) is 0 Å². The number of rotatable bonds is 3. The van der Waals surface area contributed by atoms with Gasteiger partial charge in [0.15, 0.2) is 5.78 Å². The number of hydrogen-bond acceptors (Lipinski definition) is 2. The van der Waals surface area contributed by atoms with Crippen LogP contribution < -0.4 is 5.73 Å². The van der Waals surface area contributed by atoms with E-state index < -0.39 is 5.41 Å². The van der Waals surface area contributed by atoms with Gasteiger partial charge in [-0.3, -0.25) is 4.79 Å². The summed E-state index contributed by atoms with van der Waals surface area (Å²) < 4.78 is 0. The van der Waals surface area contributed by atoms with Gasteiger partial charge in [-0.1, -0.05) is 30.3 Å². The maximum atomic E-state index is 12.7. The van der Waals surface area contributed by atoms with Crippen LogP contribution in [0.15, 0.2) is 48.5 Å². The molecule has 2 nitrogen and oxygen atoms in total. The molecule has 0 radical (unpaired) electrons. The lowest BCUT2D eigenvalue weighted by molar-refractivity contribution is 0.0908. The highest BCUT2D eigenvalue weighted by Gasteiger charge is 2.30. The first-order chi connectivity index (χ1) is 8.93. The van der Waals surface area contributed by atoms with Crippen molar-refractivity contribution in [3.05, 3.63) is 65.2 Å². The van der Waals surface area contributed by atoms with Gasteiger partial charge in [0.1, 0.15) is 0 Å². The second-order valence-corrected chi connectivity index (χ2v) is 5.39. The molecule has 0 aliphatic rings. The third-order valence-electron chi connectivity index (χ3n) is 3.60. The van der Waals surface area contributed by atoms with Gasteiger partial charge in [-0.05, 0) is 50.1 Å². The number of benzene rings is 2. The summed E-state index contributed by atoms with van der Waals surface area (Å²) in [6, 6.07) is 15.3. The van der Waals surface area contributed by atoms with E-state index in [0.29, 0.717) is 11.3 Å². The van der Waals surface area contributed by atoms with E-state index in [1.54, 1.807) is 12.1 Å². The molecule has 0 atom stereocenters. The molecule has 0 saturated carbocycles. The van der Waals surface area contributed by atoms with Crippen LogP contribution in [-0.2, 0) is 5.41 Å². The molecule has 0 heterocycles. The van der Waals surface area contributed by atoms with Crippen molar-refractivity contribution in [3.63, 3.8) is 0 Å². The Labute approximate surface area is 114 Å². The van der Waals surface area contributed by atoms with Crippen molar-refractivity contribution in [2.75, 3.05) is 5.73 Å². The van der Waals surface area contributed by atoms with Gasteiger partial charge >= 0.3 is 0 Å². The summed E-state index contributed by atoms with van der Waals surface area (Å²) in [5.74, 6) is 0.113. The Hall–Kier alpha value is -2.09. The second kappa shape index (κ2) is 4.88. The van der Waals surface area contributed by atoms with Crippen LogP contribution in [0, 0.1) is 6.92 Å². The smallest absolute Gasteiger partial charge is 0.172 e. The molecule has 0 fully saturated rings. The predicted molar refractivity (Wildman–Crippen MR) is 79.4 cm³/mol. The topological polar surface area (TPSA) is 43.1 Å². The summed E-state index contributed by atoms with van der Waals surface area (Å²) in [7, 11) is 0. The predicted octanol–water partition coefficient (Wildman–Crippen LogP) is 3.74. The Bertz CT molecular complexity index is 600. The lowest BCUT2D eigenvalue weighted by Crippen LogP contribution is -2.29. The molecule has 2 rings (SSSR count). The fourth-order valence-electron chi connectivity index (χ4n) is 2.16. The third kappa shape index (κ3) is 2.53. The Balaban J connectivity index is 2.40. The lowest BCUT2D eigenvalue weighted by Gasteiger charge is -2.24. The van der Waals surface area contributed by atoms with Gasteiger partial charge in [-0.2, -0.15) is 0 Å². The molecule has 2 heteroatoms. The van der Waals surface area contributed by atoms with E-state index in [4.69, 9.17) is 5.73 Å². The Morgan fingerprint density at radius 3 is 2.26 bits per heavy atom. The normalized spacial score (nSPS) is 11.3. The van der Waals surface area contributed by atoms with E-state index in [1.165, 1.54) is 0 Å². The summed E-state index contributed by atoms with van der Waals surface area (Å²) >= 11 is 0. The first-order valence-electron chi connectivity index (χ1n) is 6.39. The molecule has 0 aliphatic heterocycles. The maximum Gasteiger partial charge on any atom is 0.172 e. The van der Waals surface area contributed by atoms with E-state index in [9.17, 15) is 4.79 Å². The minimum atomic E-state index is -0.538. The summed E-state index contributed by atoms with van der Waals surface area (Å²) in [6.07, 6.45) is 0. The van der Waals surface area contributed by atoms with Crippen LogP contribution in [-0.4, -0.2) is 5.78 Å². The molecule has 0 amide bonds. The number of anilines is 1. The number of carbonyl (C=O) groups is 1. The molecule has 2 N–H and O–H groups in total. The number of nitrogens with two attached hydrogens (primary N) is 1. The Morgan fingerprint density at radius 1 is 1.05 bits per heavy atom. The average molecular weight is 253 g/mol. The molecule has 0 bridgehead atoms. The molecule has 2 aromatic rings. The zero-order chi connectivity index (χ0) is 14.0. The number of nitrogen functional groups attached to an aromatic ring is 1. The van der Waals surface area contributed by atoms with Gasteiger partial charge in [-0.15, -0.1) is 0 Å². The number of carbonyl (C=O) groups excluding carboxylic acids is 1. The van der Waals surface area contributed by atoms with Crippen molar-refractivity contribution < 1.29 is 4.79 Å². The average Bonchev–Trinajstić information content (AvgIpc) is 2.42. The van der Waals surface area contributed by atoms with Crippen molar-refractivity contribution in [3.8, 4) is 0 Å². The number of hydrogen-bond donors (Lipinski definition) is 1. The van der Waals surface area contributed by atoms with Crippen LogP contribution in [0.3, 0.4) is 0 Å². The monoisotopic (exact) mass is 253 g/mol. The summed E-state index contributed by atoms with van der Waals surface area (Å²) in [6.45, 7) is 5.83. The van der Waals surface area contributed by atoms with Crippen molar-refractivity contribution in [1.82, 2.24) is 0 Å². The van der Waals surface area contributed by atoms with Crippen LogP contribution in [0.4, 0.5) is 5.69 Å². The number of ketones is 1. The summed E-state index contributed by atoms with van der Waals surface area (Å²) in [5, 5.41) is 0. The van der Waals surface area contributed by atoms with E-state index >= 15 is 0 Å². The van der Waals surface area contributed by atoms with Gasteiger partial charge in [0.2, 0.25) is 0 Å². The van der Waals surface area contributed by atoms with Crippen molar-refractivity contribution in [1.29, 1.82) is 0 Å². The molecular formula is C17H19NO. The molecule has 0 aromatic heterocycles. The zero-order valence-electron chi connectivity index (χ0n) is 11.6. The van der Waals surface area contributed by atoms with E-state index in [2.05, 4.69) is 0 Å². The molecule has 0 aliphatic carbocycles. The van der Waals surface area contributed by atoms with Crippen molar-refractivity contribution in [2.45, 2.75) is 26.2 Å². The molecule has 0 spiro atoms. The van der Waals surface area contributed by atoms with Gasteiger partial charge < -0.3 is 5.73 Å². The molecule has 19 heavy (non-hydrogen) atoms. The molecule has 98 valence electrons. The molecule has 2 aromatic carbocycles. The zero-order valence-corrected chi connectivity index (χ0v) is 11.6. The van der Waals surface area contributed by atoms with Gasteiger partial charge in [0, 0.05) is 11.3 Å². The minimum Gasteiger partial charge on any atom is -0.399 e. The highest BCUT2D eigenvalue weighted by Crippen LogP contribution is 2.28. The maximum absolute atomic E-state index is 12.7. The quantitative estimate of drug-likeness (QED) is 0.669. The van der Waals surface area contributed by atoms with Crippen LogP contribution >= 0.6 is 0 Å². The third-order valence-corrected chi connectivity index (χ3v) is 3.60. The SMILES string of the molecule is Cc1cc(C(=O)C(C)(C)c2ccccc2)ccc1N. The Kier molecular flexibility index (Phi) is 3.43. The van der Waals surface area contributed by atoms with Crippen molar-refractivity contribution >= 4 is 11.5 Å².